The van der Waals surface area contributed by atoms with Gasteiger partial charge in [-0.1, -0.05) is 60.7 Å². The minimum atomic E-state index is -0.732. The van der Waals surface area contributed by atoms with E-state index in [1.165, 1.54) is 4.90 Å². The number of methoxy groups -OCH3 is 1. The number of anilines is 1. The molecule has 5 heteroatoms. The van der Waals surface area contributed by atoms with Crippen molar-refractivity contribution in [1.82, 2.24) is 0 Å². The predicted octanol–water partition coefficient (Wildman–Crippen LogP) is 4.32. The van der Waals surface area contributed by atoms with E-state index in [0.29, 0.717) is 17.0 Å². The van der Waals surface area contributed by atoms with Crippen molar-refractivity contribution in [2.75, 3.05) is 12.0 Å². The molecular weight excluding hydrogens is 366 g/mol. The third kappa shape index (κ3) is 3.27. The van der Waals surface area contributed by atoms with Gasteiger partial charge >= 0.3 is 0 Å². The van der Waals surface area contributed by atoms with Gasteiger partial charge in [-0.2, -0.15) is 0 Å². The number of hydrogen-bond donors (Lipinski definition) is 1. The zero-order chi connectivity index (χ0) is 20.4. The van der Waals surface area contributed by atoms with Crippen LogP contribution in [0.3, 0.4) is 0 Å². The average molecular weight is 385 g/mol. The van der Waals surface area contributed by atoms with Crippen LogP contribution >= 0.6 is 0 Å². The molecule has 0 unspecified atom stereocenters. The smallest absolute Gasteiger partial charge is 0.300 e. The molecule has 3 aromatic rings. The van der Waals surface area contributed by atoms with Gasteiger partial charge in [-0.3, -0.25) is 14.5 Å². The molecule has 1 amide bonds. The summed E-state index contributed by atoms with van der Waals surface area (Å²) in [5.41, 5.74) is 1.85. The van der Waals surface area contributed by atoms with E-state index in [1.807, 2.05) is 36.4 Å². The molecule has 1 saturated heterocycles. The fourth-order valence-corrected chi connectivity index (χ4v) is 3.54. The van der Waals surface area contributed by atoms with Crippen LogP contribution in [0.2, 0.25) is 0 Å². The van der Waals surface area contributed by atoms with Gasteiger partial charge in [-0.25, -0.2) is 0 Å². The first kappa shape index (κ1) is 18.5. The van der Waals surface area contributed by atoms with Gasteiger partial charge in [0.05, 0.1) is 18.7 Å². The number of nitrogens with zero attached hydrogens (tertiary/aromatic N) is 1. The predicted molar refractivity (Wildman–Crippen MR) is 111 cm³/mol. The molecule has 0 aromatic heterocycles. The molecule has 1 aliphatic rings. The quantitative estimate of drug-likeness (QED) is 0.413. The van der Waals surface area contributed by atoms with Crippen LogP contribution in [0.1, 0.15) is 17.2 Å². The third-order valence-electron chi connectivity index (χ3n) is 4.96. The fraction of sp³-hybridized carbons (Fsp3) is 0.0833. The molecule has 29 heavy (non-hydrogen) atoms. The highest BCUT2D eigenvalue weighted by Gasteiger charge is 2.46. The Labute approximate surface area is 168 Å². The van der Waals surface area contributed by atoms with Crippen molar-refractivity contribution in [3.63, 3.8) is 0 Å². The zero-order valence-corrected chi connectivity index (χ0v) is 15.8. The first-order valence-electron chi connectivity index (χ1n) is 9.17. The van der Waals surface area contributed by atoms with Crippen molar-refractivity contribution in [2.24, 2.45) is 0 Å². The van der Waals surface area contributed by atoms with E-state index in [9.17, 15) is 14.7 Å². The Morgan fingerprint density at radius 1 is 0.862 bits per heavy atom. The van der Waals surface area contributed by atoms with Crippen LogP contribution in [0.5, 0.6) is 5.75 Å². The van der Waals surface area contributed by atoms with Crippen molar-refractivity contribution >= 4 is 23.1 Å². The van der Waals surface area contributed by atoms with Gasteiger partial charge in [-0.15, -0.1) is 0 Å². The molecule has 4 rings (SSSR count). The van der Waals surface area contributed by atoms with E-state index in [2.05, 4.69) is 0 Å². The van der Waals surface area contributed by atoms with Crippen LogP contribution in [0.4, 0.5) is 5.69 Å². The number of carbonyl (C=O) groups is 2. The van der Waals surface area contributed by atoms with Crippen molar-refractivity contribution in [3.8, 4) is 5.75 Å². The minimum absolute atomic E-state index is 0.0724. The Hall–Kier alpha value is -3.86. The van der Waals surface area contributed by atoms with Crippen molar-refractivity contribution in [3.05, 3.63) is 102 Å². The summed E-state index contributed by atoms with van der Waals surface area (Å²) in [7, 11) is 1.56. The maximum Gasteiger partial charge on any atom is 0.300 e. The largest absolute Gasteiger partial charge is 0.507 e. The Morgan fingerprint density at radius 3 is 2.03 bits per heavy atom. The van der Waals surface area contributed by atoms with Crippen molar-refractivity contribution < 1.29 is 19.4 Å². The molecule has 5 nitrogen and oxygen atoms in total. The van der Waals surface area contributed by atoms with Crippen molar-refractivity contribution in [2.45, 2.75) is 6.04 Å². The maximum atomic E-state index is 13.0. The lowest BCUT2D eigenvalue weighted by molar-refractivity contribution is -0.132. The Balaban J connectivity index is 1.91. The lowest BCUT2D eigenvalue weighted by atomic mass is 9.95. The third-order valence-corrected chi connectivity index (χ3v) is 4.96. The van der Waals surface area contributed by atoms with Crippen LogP contribution in [0.15, 0.2) is 90.5 Å². The molecule has 1 atom stereocenters. The highest BCUT2D eigenvalue weighted by Crippen LogP contribution is 2.42. The summed E-state index contributed by atoms with van der Waals surface area (Å²) in [6.45, 7) is 0. The highest BCUT2D eigenvalue weighted by molar-refractivity contribution is 6.51. The first-order valence-corrected chi connectivity index (χ1v) is 9.17. The summed E-state index contributed by atoms with van der Waals surface area (Å²) >= 11 is 0. The van der Waals surface area contributed by atoms with E-state index in [0.717, 1.165) is 5.56 Å². The van der Waals surface area contributed by atoms with Crippen LogP contribution in [-0.2, 0) is 9.59 Å². The summed E-state index contributed by atoms with van der Waals surface area (Å²) in [6, 6.07) is 24.2. The van der Waals surface area contributed by atoms with Gasteiger partial charge in [-0.05, 0) is 29.8 Å². The van der Waals surface area contributed by atoms with E-state index in [-0.39, 0.29) is 11.3 Å². The summed E-state index contributed by atoms with van der Waals surface area (Å²) in [5.74, 6) is -0.933. The van der Waals surface area contributed by atoms with Gasteiger partial charge in [0, 0.05) is 11.3 Å². The fourth-order valence-electron chi connectivity index (χ4n) is 3.54. The van der Waals surface area contributed by atoms with Crippen LogP contribution < -0.4 is 9.64 Å². The van der Waals surface area contributed by atoms with Crippen LogP contribution in [-0.4, -0.2) is 23.9 Å². The van der Waals surface area contributed by atoms with Crippen LogP contribution in [0.25, 0.3) is 5.76 Å². The van der Waals surface area contributed by atoms with Gasteiger partial charge in [0.25, 0.3) is 11.7 Å². The number of ether oxygens (including phenoxy) is 1. The second kappa shape index (κ2) is 7.64. The van der Waals surface area contributed by atoms with Gasteiger partial charge in [0.15, 0.2) is 0 Å². The molecule has 0 aliphatic carbocycles. The molecule has 0 saturated carbocycles. The molecule has 1 heterocycles. The van der Waals surface area contributed by atoms with E-state index < -0.39 is 17.7 Å². The number of Topliss-reactive ketones (excluding diaryl/α,β-unsaturated/α-hetero) is 1. The monoisotopic (exact) mass is 385 g/mol. The minimum Gasteiger partial charge on any atom is -0.507 e. The number of hydrogen-bond acceptors (Lipinski definition) is 4. The Bertz CT molecular complexity index is 1070. The van der Waals surface area contributed by atoms with Gasteiger partial charge in [0.2, 0.25) is 0 Å². The van der Waals surface area contributed by atoms with E-state index >= 15 is 0 Å². The molecule has 1 fully saturated rings. The van der Waals surface area contributed by atoms with E-state index in [4.69, 9.17) is 4.74 Å². The molecular formula is C24H19NO4. The Morgan fingerprint density at radius 2 is 1.45 bits per heavy atom. The van der Waals surface area contributed by atoms with Gasteiger partial charge < -0.3 is 9.84 Å². The summed E-state index contributed by atoms with van der Waals surface area (Å²) in [6.07, 6.45) is 0. The molecule has 0 spiro atoms. The summed E-state index contributed by atoms with van der Waals surface area (Å²) in [4.78, 5) is 27.4. The molecule has 144 valence electrons. The second-order valence-electron chi connectivity index (χ2n) is 6.64. The topological polar surface area (TPSA) is 66.8 Å². The molecule has 1 N–H and O–H groups in total. The second-order valence-corrected chi connectivity index (χ2v) is 6.64. The lowest BCUT2D eigenvalue weighted by Gasteiger charge is -2.25. The number of rotatable bonds is 4. The number of ketones is 1. The molecule has 0 radical (unpaired) electrons. The lowest BCUT2D eigenvalue weighted by Crippen LogP contribution is -2.29. The number of benzene rings is 3. The standard InChI is InChI=1S/C24H19NO4/c1-29-19-14-12-18(13-15-19)25-21(16-8-4-2-5-9-16)20(23(27)24(25)28)22(26)17-10-6-3-7-11-17/h2-15,21,26H,1H3/b22-20+/t21-/m0/s1. The maximum absolute atomic E-state index is 13.0. The summed E-state index contributed by atoms with van der Waals surface area (Å²) < 4.78 is 5.19. The SMILES string of the molecule is COc1ccc(N2C(=O)C(=O)/C(=C(/O)c3ccccc3)[C@@H]2c2ccccc2)cc1. The van der Waals surface area contributed by atoms with E-state index in [1.54, 1.807) is 55.6 Å². The first-order chi connectivity index (χ1) is 14.1. The normalized spacial score (nSPS) is 18.1. The van der Waals surface area contributed by atoms with Crippen molar-refractivity contribution in [1.29, 1.82) is 0 Å². The molecule has 3 aromatic carbocycles. The average Bonchev–Trinajstić information content (AvgIpc) is 3.05. The summed E-state index contributed by atoms with van der Waals surface area (Å²) in [5, 5.41) is 10.9. The van der Waals surface area contributed by atoms with Gasteiger partial charge in [0.1, 0.15) is 11.5 Å². The number of amides is 1. The number of aliphatic hydroxyl groups excluding tert-OH is 1. The zero-order valence-electron chi connectivity index (χ0n) is 15.8. The number of aliphatic hydroxyl groups is 1. The highest BCUT2D eigenvalue weighted by atomic mass is 16.5. The van der Waals surface area contributed by atoms with Crippen LogP contribution in [0, 0.1) is 0 Å². The number of carbonyl (C=O) groups excluding carboxylic acids is 2. The molecule has 0 bridgehead atoms. The Kier molecular flexibility index (Phi) is 4.87. The molecule has 1 aliphatic heterocycles.